The number of hydrogen-bond donors (Lipinski definition) is 1. The Balaban J connectivity index is 0.000000980. The zero-order valence-electron chi connectivity index (χ0n) is 7.74. The lowest BCUT2D eigenvalue weighted by Crippen LogP contribution is -2.43. The van der Waals surface area contributed by atoms with Gasteiger partial charge in [-0.3, -0.25) is 4.98 Å². The van der Waals surface area contributed by atoms with Gasteiger partial charge in [0.25, 0.3) is 0 Å². The average molecular weight is 218 g/mol. The van der Waals surface area contributed by atoms with E-state index in [2.05, 4.69) is 10.3 Å². The van der Waals surface area contributed by atoms with Crippen molar-refractivity contribution in [3.05, 3.63) is 24.3 Å². The highest BCUT2D eigenvalue weighted by molar-refractivity contribution is 5.85. The molecule has 1 aromatic heterocycles. The first kappa shape index (κ1) is 11.2. The zero-order chi connectivity index (χ0) is 9.10. The second-order valence-corrected chi connectivity index (χ2v) is 3.06. The average Bonchev–Trinajstić information content (AvgIpc) is 2.20. The number of nitrogens with zero attached hydrogens (tertiary/aromatic N) is 2. The maximum absolute atomic E-state index is 13.2. The van der Waals surface area contributed by atoms with Crippen LogP contribution in [0.1, 0.15) is 0 Å². The Morgan fingerprint density at radius 3 is 2.71 bits per heavy atom. The summed E-state index contributed by atoms with van der Waals surface area (Å²) in [5.41, 5.74) is 0.663. The summed E-state index contributed by atoms with van der Waals surface area (Å²) >= 11 is 0. The summed E-state index contributed by atoms with van der Waals surface area (Å²) in [5, 5.41) is 3.22. The van der Waals surface area contributed by atoms with Crippen LogP contribution in [-0.2, 0) is 0 Å². The Morgan fingerprint density at radius 1 is 1.36 bits per heavy atom. The first-order valence-corrected chi connectivity index (χ1v) is 4.43. The summed E-state index contributed by atoms with van der Waals surface area (Å²) in [6.45, 7) is 3.56. The Morgan fingerprint density at radius 2 is 2.07 bits per heavy atom. The third-order valence-electron chi connectivity index (χ3n) is 2.21. The highest BCUT2D eigenvalue weighted by Gasteiger charge is 2.13. The monoisotopic (exact) mass is 217 g/mol. The van der Waals surface area contributed by atoms with Gasteiger partial charge in [0.05, 0.1) is 11.9 Å². The van der Waals surface area contributed by atoms with Crippen LogP contribution < -0.4 is 10.2 Å². The van der Waals surface area contributed by atoms with E-state index in [0.717, 1.165) is 26.2 Å². The van der Waals surface area contributed by atoms with Crippen molar-refractivity contribution in [3.63, 3.8) is 0 Å². The molecule has 1 N–H and O–H groups in total. The van der Waals surface area contributed by atoms with Crippen LogP contribution in [0, 0.1) is 5.82 Å². The van der Waals surface area contributed by atoms with Gasteiger partial charge >= 0.3 is 0 Å². The summed E-state index contributed by atoms with van der Waals surface area (Å²) in [6, 6.07) is 1.72. The predicted molar refractivity (Wildman–Crippen MR) is 56.5 cm³/mol. The molecule has 0 aliphatic carbocycles. The molecule has 0 radical (unpaired) electrons. The van der Waals surface area contributed by atoms with Gasteiger partial charge in [-0.15, -0.1) is 12.4 Å². The fraction of sp³-hybridized carbons (Fsp3) is 0.444. The molecule has 14 heavy (non-hydrogen) atoms. The van der Waals surface area contributed by atoms with Gasteiger partial charge in [0, 0.05) is 32.4 Å². The molecular formula is C9H13ClFN3. The van der Waals surface area contributed by atoms with E-state index in [1.54, 1.807) is 12.3 Å². The van der Waals surface area contributed by atoms with Gasteiger partial charge in [-0.2, -0.15) is 0 Å². The molecule has 2 heterocycles. The van der Waals surface area contributed by atoms with Crippen LogP contribution in [0.4, 0.5) is 10.1 Å². The molecule has 0 unspecified atom stereocenters. The lowest BCUT2D eigenvalue weighted by Gasteiger charge is -2.29. The second-order valence-electron chi connectivity index (χ2n) is 3.06. The molecule has 0 atom stereocenters. The SMILES string of the molecule is Cl.Fc1cnccc1N1CCNCC1. The summed E-state index contributed by atoms with van der Waals surface area (Å²) in [5.74, 6) is -0.232. The molecule has 3 nitrogen and oxygen atoms in total. The number of piperazine rings is 1. The largest absolute Gasteiger partial charge is 0.367 e. The molecule has 5 heteroatoms. The molecule has 2 rings (SSSR count). The van der Waals surface area contributed by atoms with Crippen LogP contribution in [0.3, 0.4) is 0 Å². The van der Waals surface area contributed by atoms with Crippen molar-refractivity contribution < 1.29 is 4.39 Å². The van der Waals surface area contributed by atoms with Gasteiger partial charge in [-0.25, -0.2) is 4.39 Å². The van der Waals surface area contributed by atoms with Crippen LogP contribution in [0.5, 0.6) is 0 Å². The number of anilines is 1. The Bertz CT molecular complexity index is 289. The molecule has 1 saturated heterocycles. The molecule has 0 spiro atoms. The lowest BCUT2D eigenvalue weighted by atomic mass is 10.3. The van der Waals surface area contributed by atoms with Gasteiger partial charge in [-0.05, 0) is 6.07 Å². The first-order valence-electron chi connectivity index (χ1n) is 4.43. The van der Waals surface area contributed by atoms with Crippen molar-refractivity contribution in [3.8, 4) is 0 Å². The third kappa shape index (κ3) is 2.33. The highest BCUT2D eigenvalue weighted by atomic mass is 35.5. The van der Waals surface area contributed by atoms with Crippen molar-refractivity contribution >= 4 is 18.1 Å². The van der Waals surface area contributed by atoms with Crippen molar-refractivity contribution in [1.82, 2.24) is 10.3 Å². The van der Waals surface area contributed by atoms with E-state index < -0.39 is 0 Å². The fourth-order valence-corrected chi connectivity index (χ4v) is 1.53. The van der Waals surface area contributed by atoms with E-state index in [9.17, 15) is 4.39 Å². The minimum atomic E-state index is -0.232. The number of pyridine rings is 1. The van der Waals surface area contributed by atoms with Crippen molar-refractivity contribution in [2.75, 3.05) is 31.1 Å². The van der Waals surface area contributed by atoms with Crippen LogP contribution in [0.25, 0.3) is 0 Å². The second kappa shape index (κ2) is 5.12. The number of aromatic nitrogens is 1. The van der Waals surface area contributed by atoms with Gasteiger partial charge in [0.15, 0.2) is 5.82 Å². The van der Waals surface area contributed by atoms with Gasteiger partial charge < -0.3 is 10.2 Å². The quantitative estimate of drug-likeness (QED) is 0.763. The van der Waals surface area contributed by atoms with Gasteiger partial charge in [0.2, 0.25) is 0 Å². The third-order valence-corrected chi connectivity index (χ3v) is 2.21. The van der Waals surface area contributed by atoms with E-state index in [1.807, 2.05) is 4.90 Å². The lowest BCUT2D eigenvalue weighted by molar-refractivity contribution is 0.564. The minimum Gasteiger partial charge on any atom is -0.367 e. The molecular weight excluding hydrogens is 205 g/mol. The predicted octanol–water partition coefficient (Wildman–Crippen LogP) is 1.05. The summed E-state index contributed by atoms with van der Waals surface area (Å²) in [6.07, 6.45) is 2.89. The number of hydrogen-bond acceptors (Lipinski definition) is 3. The van der Waals surface area contributed by atoms with Crippen LogP contribution in [0.2, 0.25) is 0 Å². The maximum Gasteiger partial charge on any atom is 0.164 e. The molecule has 1 aromatic rings. The van der Waals surface area contributed by atoms with Gasteiger partial charge in [0.1, 0.15) is 0 Å². The number of rotatable bonds is 1. The molecule has 1 aliphatic heterocycles. The Hall–Kier alpha value is -0.870. The molecule has 0 aromatic carbocycles. The van der Waals surface area contributed by atoms with Crippen LogP contribution in [-0.4, -0.2) is 31.2 Å². The van der Waals surface area contributed by atoms with Crippen LogP contribution in [0.15, 0.2) is 18.5 Å². The van der Waals surface area contributed by atoms with Gasteiger partial charge in [-0.1, -0.05) is 0 Å². The van der Waals surface area contributed by atoms with E-state index in [-0.39, 0.29) is 18.2 Å². The fourth-order valence-electron chi connectivity index (χ4n) is 1.53. The summed E-state index contributed by atoms with van der Waals surface area (Å²) in [7, 11) is 0. The number of nitrogens with one attached hydrogen (secondary N) is 1. The molecule has 1 aliphatic rings. The number of halogens is 2. The maximum atomic E-state index is 13.2. The van der Waals surface area contributed by atoms with Crippen LogP contribution >= 0.6 is 12.4 Å². The molecule has 0 saturated carbocycles. The van der Waals surface area contributed by atoms with E-state index in [4.69, 9.17) is 0 Å². The Kier molecular flexibility index (Phi) is 4.10. The van der Waals surface area contributed by atoms with E-state index in [1.165, 1.54) is 6.20 Å². The summed E-state index contributed by atoms with van der Waals surface area (Å²) in [4.78, 5) is 5.76. The van der Waals surface area contributed by atoms with E-state index in [0.29, 0.717) is 5.69 Å². The minimum absolute atomic E-state index is 0. The molecule has 0 amide bonds. The molecule has 0 bridgehead atoms. The van der Waals surface area contributed by atoms with Crippen molar-refractivity contribution in [2.45, 2.75) is 0 Å². The standard InChI is InChI=1S/C9H12FN3.ClH/c10-8-7-12-2-1-9(8)13-5-3-11-4-6-13;/h1-2,7,11H,3-6H2;1H. The first-order chi connectivity index (χ1) is 6.38. The van der Waals surface area contributed by atoms with Crippen molar-refractivity contribution in [1.29, 1.82) is 0 Å². The smallest absolute Gasteiger partial charge is 0.164 e. The molecule has 78 valence electrons. The Labute approximate surface area is 88.7 Å². The topological polar surface area (TPSA) is 28.2 Å². The normalized spacial score (nSPS) is 16.2. The molecule has 1 fully saturated rings. The van der Waals surface area contributed by atoms with E-state index >= 15 is 0 Å². The summed E-state index contributed by atoms with van der Waals surface area (Å²) < 4.78 is 13.2. The zero-order valence-corrected chi connectivity index (χ0v) is 8.56. The van der Waals surface area contributed by atoms with Crippen molar-refractivity contribution in [2.24, 2.45) is 0 Å². The highest BCUT2D eigenvalue weighted by Crippen LogP contribution is 2.17.